The van der Waals surface area contributed by atoms with Gasteiger partial charge in [-0.1, -0.05) is 166 Å². The minimum atomic E-state index is -0.792. The highest BCUT2D eigenvalue weighted by atomic mass is 16.5. The van der Waals surface area contributed by atoms with Crippen molar-refractivity contribution in [2.75, 3.05) is 6.61 Å². The van der Waals surface area contributed by atoms with Crippen molar-refractivity contribution < 1.29 is 24.5 Å². The zero-order valence-electron chi connectivity index (χ0n) is 34.9. The van der Waals surface area contributed by atoms with E-state index in [9.17, 15) is 19.8 Å². The van der Waals surface area contributed by atoms with Crippen LogP contribution in [-0.2, 0) is 14.3 Å². The van der Waals surface area contributed by atoms with E-state index in [1.807, 2.05) is 0 Å². The molecule has 0 heterocycles. The summed E-state index contributed by atoms with van der Waals surface area (Å²) in [4.78, 5) is 25.9. The molecular weight excluding hydrogens is 659 g/mol. The Morgan fingerprint density at radius 1 is 0.566 bits per heavy atom. The summed E-state index contributed by atoms with van der Waals surface area (Å²) in [6.07, 6.45) is 47.4. The van der Waals surface area contributed by atoms with Gasteiger partial charge in [-0.2, -0.15) is 0 Å². The topological polar surface area (TPSA) is 95.9 Å². The van der Waals surface area contributed by atoms with E-state index in [1.54, 1.807) is 0 Å². The zero-order valence-corrected chi connectivity index (χ0v) is 34.9. The SMILES string of the molecule is CC/C=C/C/C=C/C/C=C/CCCCCCC(=O)OC(CCCCC/C=C\CCCCC)CC(=O)NC(CO)C(O)CCCCCCCCCCCC. The Morgan fingerprint density at radius 2 is 1.02 bits per heavy atom. The first-order valence-corrected chi connectivity index (χ1v) is 22.4. The van der Waals surface area contributed by atoms with E-state index in [4.69, 9.17) is 4.74 Å². The predicted molar refractivity (Wildman–Crippen MR) is 227 cm³/mol. The molecule has 6 nitrogen and oxygen atoms in total. The van der Waals surface area contributed by atoms with Crippen LogP contribution in [0, 0.1) is 0 Å². The van der Waals surface area contributed by atoms with Gasteiger partial charge >= 0.3 is 5.97 Å². The molecule has 1 amide bonds. The third-order valence-electron chi connectivity index (χ3n) is 9.89. The van der Waals surface area contributed by atoms with E-state index < -0.39 is 18.2 Å². The number of unbranched alkanes of at least 4 members (excludes halogenated alkanes) is 19. The third kappa shape index (κ3) is 36.6. The highest BCUT2D eigenvalue weighted by Gasteiger charge is 2.24. The first-order chi connectivity index (χ1) is 26.0. The molecule has 0 bridgehead atoms. The lowest BCUT2D eigenvalue weighted by molar-refractivity contribution is -0.151. The van der Waals surface area contributed by atoms with Gasteiger partial charge in [-0.05, 0) is 83.5 Å². The number of aliphatic hydroxyl groups excluding tert-OH is 2. The highest BCUT2D eigenvalue weighted by molar-refractivity contribution is 5.77. The van der Waals surface area contributed by atoms with Gasteiger partial charge in [-0.25, -0.2) is 0 Å². The number of esters is 1. The van der Waals surface area contributed by atoms with E-state index in [0.717, 1.165) is 103 Å². The van der Waals surface area contributed by atoms with Crippen molar-refractivity contribution >= 4 is 11.9 Å². The maximum absolute atomic E-state index is 13.1. The summed E-state index contributed by atoms with van der Waals surface area (Å²) in [7, 11) is 0. The van der Waals surface area contributed by atoms with E-state index in [1.165, 1.54) is 64.2 Å². The van der Waals surface area contributed by atoms with Crippen LogP contribution in [-0.4, -0.2) is 46.9 Å². The largest absolute Gasteiger partial charge is 0.462 e. The number of allylic oxidation sites excluding steroid dienone is 8. The Balaban J connectivity index is 4.62. The lowest BCUT2D eigenvalue weighted by Gasteiger charge is -2.24. The van der Waals surface area contributed by atoms with Crippen LogP contribution in [0.5, 0.6) is 0 Å². The van der Waals surface area contributed by atoms with Crippen LogP contribution in [0.3, 0.4) is 0 Å². The van der Waals surface area contributed by atoms with E-state index in [0.29, 0.717) is 19.3 Å². The van der Waals surface area contributed by atoms with Gasteiger partial charge in [-0.3, -0.25) is 9.59 Å². The molecule has 53 heavy (non-hydrogen) atoms. The molecule has 0 aliphatic heterocycles. The Morgan fingerprint density at radius 3 is 1.62 bits per heavy atom. The number of amides is 1. The number of aliphatic hydroxyl groups is 2. The van der Waals surface area contributed by atoms with Crippen LogP contribution in [0.25, 0.3) is 0 Å². The number of hydrogen-bond donors (Lipinski definition) is 3. The second-order valence-electron chi connectivity index (χ2n) is 15.1. The number of ether oxygens (including phenoxy) is 1. The standard InChI is InChI=1S/C47H85NO5/c1-4-7-10-13-16-19-22-23-24-25-28-31-34-37-40-47(52)53-43(38-35-32-29-26-20-17-14-11-8-5-2)41-46(51)48-44(42-49)45(50)39-36-33-30-27-21-18-15-12-9-6-3/h7,10,16-17,19-20,23-24,43-45,49-50H,4-6,8-9,11-15,18,21-22,25-42H2,1-3H3,(H,48,51)/b10-7+,19-16+,20-17-,24-23+. The average Bonchev–Trinajstić information content (AvgIpc) is 3.15. The molecular formula is C47H85NO5. The summed E-state index contributed by atoms with van der Waals surface area (Å²) in [5.41, 5.74) is 0. The first-order valence-electron chi connectivity index (χ1n) is 22.4. The van der Waals surface area contributed by atoms with Crippen molar-refractivity contribution in [2.45, 2.75) is 232 Å². The van der Waals surface area contributed by atoms with Gasteiger partial charge in [0.05, 0.1) is 25.2 Å². The van der Waals surface area contributed by atoms with Gasteiger partial charge in [-0.15, -0.1) is 0 Å². The average molecular weight is 744 g/mol. The molecule has 0 aromatic rings. The van der Waals surface area contributed by atoms with Crippen LogP contribution in [0.2, 0.25) is 0 Å². The quantitative estimate of drug-likeness (QED) is 0.0331. The molecule has 0 aliphatic rings. The molecule has 0 aromatic carbocycles. The van der Waals surface area contributed by atoms with Crippen molar-refractivity contribution in [3.05, 3.63) is 48.6 Å². The zero-order chi connectivity index (χ0) is 38.9. The summed E-state index contributed by atoms with van der Waals surface area (Å²) in [6, 6.07) is -0.708. The summed E-state index contributed by atoms with van der Waals surface area (Å²) in [5, 5.41) is 23.6. The molecule has 0 radical (unpaired) electrons. The van der Waals surface area contributed by atoms with Crippen LogP contribution in [0.4, 0.5) is 0 Å². The number of nitrogens with one attached hydrogen (secondary N) is 1. The fourth-order valence-electron chi connectivity index (χ4n) is 6.50. The van der Waals surface area contributed by atoms with Crippen molar-refractivity contribution in [1.29, 1.82) is 0 Å². The summed E-state index contributed by atoms with van der Waals surface area (Å²) in [5.74, 6) is -0.520. The normalized spacial score (nSPS) is 13.8. The number of hydrogen-bond acceptors (Lipinski definition) is 5. The third-order valence-corrected chi connectivity index (χ3v) is 9.89. The molecule has 0 saturated carbocycles. The number of carbonyl (C=O) groups excluding carboxylic acids is 2. The molecule has 3 N–H and O–H groups in total. The van der Waals surface area contributed by atoms with E-state index in [2.05, 4.69) is 74.7 Å². The maximum Gasteiger partial charge on any atom is 0.306 e. The minimum absolute atomic E-state index is 0.0571. The van der Waals surface area contributed by atoms with Crippen molar-refractivity contribution in [3.63, 3.8) is 0 Å². The second kappa shape index (κ2) is 41.0. The van der Waals surface area contributed by atoms with Crippen LogP contribution >= 0.6 is 0 Å². The Kier molecular flexibility index (Phi) is 39.3. The molecule has 0 fully saturated rings. The fraction of sp³-hybridized carbons (Fsp3) is 0.787. The van der Waals surface area contributed by atoms with Crippen LogP contribution in [0.1, 0.15) is 213 Å². The minimum Gasteiger partial charge on any atom is -0.462 e. The molecule has 0 rings (SSSR count). The van der Waals surface area contributed by atoms with Crippen molar-refractivity contribution in [1.82, 2.24) is 5.32 Å². The number of rotatable bonds is 39. The molecule has 0 saturated heterocycles. The molecule has 0 aliphatic carbocycles. The molecule has 0 spiro atoms. The lowest BCUT2D eigenvalue weighted by Crippen LogP contribution is -2.46. The maximum atomic E-state index is 13.1. The Bertz CT molecular complexity index is 926. The summed E-state index contributed by atoms with van der Waals surface area (Å²) >= 11 is 0. The smallest absolute Gasteiger partial charge is 0.306 e. The predicted octanol–water partition coefficient (Wildman–Crippen LogP) is 12.7. The highest BCUT2D eigenvalue weighted by Crippen LogP contribution is 2.17. The van der Waals surface area contributed by atoms with Gasteiger partial charge in [0.1, 0.15) is 6.10 Å². The van der Waals surface area contributed by atoms with E-state index >= 15 is 0 Å². The number of carbonyl (C=O) groups is 2. The van der Waals surface area contributed by atoms with Gasteiger partial charge in [0.25, 0.3) is 0 Å². The Labute approximate surface area is 327 Å². The second-order valence-corrected chi connectivity index (χ2v) is 15.1. The molecule has 3 atom stereocenters. The lowest BCUT2D eigenvalue weighted by atomic mass is 10.0. The molecule has 3 unspecified atom stereocenters. The van der Waals surface area contributed by atoms with Gasteiger partial charge in [0.2, 0.25) is 5.91 Å². The van der Waals surface area contributed by atoms with Crippen molar-refractivity contribution in [3.8, 4) is 0 Å². The van der Waals surface area contributed by atoms with Gasteiger partial charge in [0, 0.05) is 6.42 Å². The van der Waals surface area contributed by atoms with Crippen LogP contribution < -0.4 is 5.32 Å². The summed E-state index contributed by atoms with van der Waals surface area (Å²) < 4.78 is 5.87. The van der Waals surface area contributed by atoms with E-state index in [-0.39, 0.29) is 24.9 Å². The molecule has 308 valence electrons. The molecule has 0 aromatic heterocycles. The van der Waals surface area contributed by atoms with Gasteiger partial charge in [0.15, 0.2) is 0 Å². The summed E-state index contributed by atoms with van der Waals surface area (Å²) in [6.45, 7) is 6.30. The molecule has 6 heteroatoms. The Hall–Kier alpha value is -2.18. The monoisotopic (exact) mass is 744 g/mol. The first kappa shape index (κ1) is 50.8. The van der Waals surface area contributed by atoms with Crippen molar-refractivity contribution in [2.24, 2.45) is 0 Å². The van der Waals surface area contributed by atoms with Gasteiger partial charge < -0.3 is 20.3 Å². The van der Waals surface area contributed by atoms with Crippen LogP contribution in [0.15, 0.2) is 48.6 Å². The fourth-order valence-corrected chi connectivity index (χ4v) is 6.50.